The summed E-state index contributed by atoms with van der Waals surface area (Å²) < 4.78 is 36.9. The van der Waals surface area contributed by atoms with E-state index in [-0.39, 0.29) is 24.9 Å². The molecule has 0 radical (unpaired) electrons. The van der Waals surface area contributed by atoms with Crippen LogP contribution in [0.15, 0.2) is 54.6 Å². The highest BCUT2D eigenvalue weighted by Gasteiger charge is 2.70. The number of halogens is 1. The summed E-state index contributed by atoms with van der Waals surface area (Å²) in [5.41, 5.74) is 1.05. The minimum atomic E-state index is -1.67. The van der Waals surface area contributed by atoms with Gasteiger partial charge in [0.25, 0.3) is 5.91 Å². The summed E-state index contributed by atoms with van der Waals surface area (Å²) in [7, 11) is 3.03. The molecule has 4 atom stereocenters. The van der Waals surface area contributed by atoms with E-state index < -0.39 is 53.8 Å². The molecule has 0 bridgehead atoms. The third-order valence-corrected chi connectivity index (χ3v) is 10.3. The highest BCUT2D eigenvalue weighted by molar-refractivity contribution is 5.90. The van der Waals surface area contributed by atoms with Gasteiger partial charge >= 0.3 is 17.9 Å². The van der Waals surface area contributed by atoms with E-state index in [0.717, 1.165) is 36.8 Å². The zero-order chi connectivity index (χ0) is 36.1. The van der Waals surface area contributed by atoms with E-state index in [2.05, 4.69) is 5.32 Å². The second kappa shape index (κ2) is 16.0. The van der Waals surface area contributed by atoms with Crippen LogP contribution in [-0.4, -0.2) is 86.0 Å². The van der Waals surface area contributed by atoms with Crippen LogP contribution >= 0.6 is 0 Å². The van der Waals surface area contributed by atoms with Crippen molar-refractivity contribution < 1.29 is 42.5 Å². The molecule has 5 rings (SSSR count). The van der Waals surface area contributed by atoms with E-state index in [4.69, 9.17) is 18.9 Å². The Hall–Kier alpha value is -3.83. The van der Waals surface area contributed by atoms with Gasteiger partial charge in [-0.1, -0.05) is 54.6 Å². The first-order valence-corrected chi connectivity index (χ1v) is 17.7. The van der Waals surface area contributed by atoms with E-state index in [1.54, 1.807) is 0 Å². The average molecular weight is 695 g/mol. The van der Waals surface area contributed by atoms with Gasteiger partial charge in [-0.15, -0.1) is 0 Å². The van der Waals surface area contributed by atoms with Gasteiger partial charge in [0.1, 0.15) is 24.4 Å². The number of esters is 3. The van der Waals surface area contributed by atoms with Crippen LogP contribution in [0.5, 0.6) is 0 Å². The smallest absolute Gasteiger partial charge is 0.347 e. The molecule has 1 amide bonds. The fourth-order valence-electron chi connectivity index (χ4n) is 6.79. The van der Waals surface area contributed by atoms with Crippen molar-refractivity contribution in [2.45, 2.75) is 108 Å². The molecule has 2 saturated carbocycles. The molecule has 272 valence electrons. The van der Waals surface area contributed by atoms with Gasteiger partial charge in [-0.25, -0.2) is 14.0 Å². The zero-order valence-electron chi connectivity index (χ0n) is 29.8. The number of alkyl halides is 1. The second-order valence-corrected chi connectivity index (χ2v) is 14.8. The minimum absolute atomic E-state index is 0.0224. The predicted octanol–water partition coefficient (Wildman–Crippen LogP) is 5.06. The predicted molar refractivity (Wildman–Crippen MR) is 184 cm³/mol. The number of fused-ring (bicyclic) bond motifs is 1. The third kappa shape index (κ3) is 9.90. The lowest BCUT2D eigenvalue weighted by Gasteiger charge is -2.32. The quantitative estimate of drug-likeness (QED) is 0.179. The Labute approximate surface area is 294 Å². The van der Waals surface area contributed by atoms with Crippen LogP contribution in [0.3, 0.4) is 0 Å². The number of likely N-dealkylation sites (N-methyl/N-ethyl adjacent to an activating group) is 2. The first kappa shape index (κ1) is 37.4. The van der Waals surface area contributed by atoms with Gasteiger partial charge in [-0.3, -0.25) is 9.59 Å². The molecule has 3 aliphatic rings. The van der Waals surface area contributed by atoms with Crippen molar-refractivity contribution in [3.8, 4) is 0 Å². The van der Waals surface area contributed by atoms with E-state index >= 15 is 0 Å². The SMILES string of the molecule is CN[C@@H](CC(C)(C)F)C(=O)O[C@H](Cc1ccc(C2CCOCC2)cc1)C(=O)N(C)[C@@H](CC12CC1C2)C(=O)O[C@H](C)C(=O)OCc1ccccc1. The van der Waals surface area contributed by atoms with Crippen molar-refractivity contribution in [2.75, 3.05) is 27.3 Å². The number of ether oxygens (including phenoxy) is 4. The first-order valence-electron chi connectivity index (χ1n) is 17.7. The Morgan fingerprint density at radius 2 is 1.60 bits per heavy atom. The van der Waals surface area contributed by atoms with Crippen LogP contribution in [0.2, 0.25) is 0 Å². The van der Waals surface area contributed by atoms with Gasteiger partial charge in [0.05, 0.1) is 0 Å². The van der Waals surface area contributed by atoms with Gasteiger partial charge in [0, 0.05) is 33.1 Å². The normalized spacial score (nSPS) is 22.2. The van der Waals surface area contributed by atoms with Gasteiger partial charge < -0.3 is 29.2 Å². The van der Waals surface area contributed by atoms with Crippen LogP contribution in [0.1, 0.15) is 81.9 Å². The van der Waals surface area contributed by atoms with Gasteiger partial charge in [-0.05, 0) is 93.9 Å². The molecule has 0 aromatic heterocycles. The molecule has 1 saturated heterocycles. The van der Waals surface area contributed by atoms with Crippen LogP contribution in [0.25, 0.3) is 0 Å². The Kier molecular flexibility index (Phi) is 12.0. The number of carbonyl (C=O) groups is 4. The highest BCUT2D eigenvalue weighted by Crippen LogP contribution is 2.77. The Morgan fingerprint density at radius 1 is 0.960 bits per heavy atom. The maximum absolute atomic E-state index is 14.6. The Morgan fingerprint density at radius 3 is 2.18 bits per heavy atom. The summed E-state index contributed by atoms with van der Waals surface area (Å²) in [6, 6.07) is 15.1. The number of nitrogens with zero attached hydrogens (tertiary/aromatic N) is 1. The number of amides is 1. The zero-order valence-corrected chi connectivity index (χ0v) is 29.8. The fourth-order valence-corrected chi connectivity index (χ4v) is 6.79. The molecule has 10 nitrogen and oxygen atoms in total. The molecular weight excluding hydrogens is 643 g/mol. The number of benzene rings is 2. The van der Waals surface area contributed by atoms with Crippen molar-refractivity contribution in [1.82, 2.24) is 10.2 Å². The van der Waals surface area contributed by atoms with E-state index in [9.17, 15) is 23.6 Å². The average Bonchev–Trinajstić information content (AvgIpc) is 3.99. The lowest BCUT2D eigenvalue weighted by atomic mass is 9.90. The highest BCUT2D eigenvalue weighted by atomic mass is 19.1. The molecule has 50 heavy (non-hydrogen) atoms. The number of carbonyl (C=O) groups excluding carboxylic acids is 4. The lowest BCUT2D eigenvalue weighted by molar-refractivity contribution is -0.174. The molecule has 11 heteroatoms. The summed E-state index contributed by atoms with van der Waals surface area (Å²) >= 11 is 0. The van der Waals surface area contributed by atoms with E-state index in [1.165, 1.54) is 45.3 Å². The Bertz CT molecular complexity index is 1480. The molecule has 1 heterocycles. The van der Waals surface area contributed by atoms with Crippen molar-refractivity contribution >= 4 is 23.8 Å². The van der Waals surface area contributed by atoms with Gasteiger partial charge in [0.2, 0.25) is 0 Å². The van der Waals surface area contributed by atoms with E-state index in [1.807, 2.05) is 54.6 Å². The summed E-state index contributed by atoms with van der Waals surface area (Å²) in [4.78, 5) is 55.4. The molecule has 2 aromatic rings. The lowest BCUT2D eigenvalue weighted by Crippen LogP contribution is -2.51. The molecule has 2 aliphatic carbocycles. The second-order valence-electron chi connectivity index (χ2n) is 14.8. The van der Waals surface area contributed by atoms with Crippen molar-refractivity contribution in [1.29, 1.82) is 0 Å². The maximum Gasteiger partial charge on any atom is 0.347 e. The van der Waals surface area contributed by atoms with Crippen LogP contribution in [0.4, 0.5) is 4.39 Å². The largest absolute Gasteiger partial charge is 0.458 e. The number of rotatable bonds is 17. The minimum Gasteiger partial charge on any atom is -0.458 e. The maximum atomic E-state index is 14.6. The molecule has 0 unspecified atom stereocenters. The molecule has 1 aliphatic heterocycles. The van der Waals surface area contributed by atoms with Crippen molar-refractivity contribution in [3.63, 3.8) is 0 Å². The van der Waals surface area contributed by atoms with Crippen molar-refractivity contribution in [3.05, 3.63) is 71.3 Å². The number of hydrogen-bond donors (Lipinski definition) is 1. The Balaban J connectivity index is 1.31. The van der Waals surface area contributed by atoms with Crippen LogP contribution < -0.4 is 5.32 Å². The summed E-state index contributed by atoms with van der Waals surface area (Å²) in [5.74, 6) is -1.88. The molecule has 0 spiro atoms. The van der Waals surface area contributed by atoms with Crippen LogP contribution in [0, 0.1) is 11.3 Å². The standard InChI is InChI=1S/C39H51FN2O8/c1-25(35(44)48-24-27-9-7-6-8-10-27)49-37(46)32(23-39-20-30(39)21-39)42(5)34(43)33(50-36(45)31(41-4)22-38(2,3)40)19-26-11-13-28(14-12-26)29-15-17-47-18-16-29/h6-14,25,29-33,41H,15-24H2,1-5H3/t25-,30?,31+,32+,33-,39?/m1/s1. The van der Waals surface area contributed by atoms with Gasteiger partial charge in [0.15, 0.2) is 12.2 Å². The third-order valence-electron chi connectivity index (χ3n) is 10.3. The number of nitrogens with one attached hydrogen (secondary N) is 1. The summed E-state index contributed by atoms with van der Waals surface area (Å²) in [6.07, 6.45) is 1.57. The molecule has 1 N–H and O–H groups in total. The molecule has 2 aromatic carbocycles. The summed E-state index contributed by atoms with van der Waals surface area (Å²) in [6.45, 7) is 5.65. The fraction of sp³-hybridized carbons (Fsp3) is 0.590. The first-order chi connectivity index (χ1) is 23.8. The van der Waals surface area contributed by atoms with Crippen molar-refractivity contribution in [2.24, 2.45) is 11.3 Å². The summed E-state index contributed by atoms with van der Waals surface area (Å²) in [5, 5.41) is 2.81. The molecular formula is C39H51FN2O8. The topological polar surface area (TPSA) is 120 Å². The monoisotopic (exact) mass is 694 g/mol. The van der Waals surface area contributed by atoms with E-state index in [0.29, 0.717) is 31.5 Å². The van der Waals surface area contributed by atoms with Gasteiger partial charge in [-0.2, -0.15) is 0 Å². The number of hydrogen-bond acceptors (Lipinski definition) is 9. The van der Waals surface area contributed by atoms with Crippen LogP contribution in [-0.2, 0) is 51.2 Å². The molecule has 3 fully saturated rings.